The zero-order valence-electron chi connectivity index (χ0n) is 8.38. The maximum absolute atomic E-state index is 11.7. The van der Waals surface area contributed by atoms with Crippen LogP contribution in [0.1, 0.15) is 19.8 Å². The minimum Gasteiger partial charge on any atom is -0.351 e. The van der Waals surface area contributed by atoms with E-state index in [0.717, 1.165) is 18.6 Å². The molecule has 1 aliphatic rings. The first-order valence-corrected chi connectivity index (χ1v) is 6.34. The molecule has 1 unspecified atom stereocenters. The van der Waals surface area contributed by atoms with Crippen LogP contribution in [0.3, 0.4) is 0 Å². The maximum Gasteiger partial charge on any atom is 0.236 e. The molecule has 1 saturated heterocycles. The van der Waals surface area contributed by atoms with Crippen LogP contribution < -0.4 is 5.32 Å². The molecule has 1 fully saturated rings. The van der Waals surface area contributed by atoms with Crippen molar-refractivity contribution in [1.29, 1.82) is 0 Å². The zero-order valence-corrected chi connectivity index (χ0v) is 9.96. The van der Waals surface area contributed by atoms with Gasteiger partial charge in [0.2, 0.25) is 5.91 Å². The topological polar surface area (TPSA) is 29.1 Å². The van der Waals surface area contributed by atoms with Crippen LogP contribution in [-0.4, -0.2) is 28.8 Å². The van der Waals surface area contributed by atoms with Gasteiger partial charge in [0.25, 0.3) is 0 Å². The van der Waals surface area contributed by atoms with E-state index in [1.807, 2.05) is 19.1 Å². The Morgan fingerprint density at radius 1 is 1.64 bits per heavy atom. The van der Waals surface area contributed by atoms with Gasteiger partial charge in [-0.3, -0.25) is 4.79 Å². The highest BCUT2D eigenvalue weighted by molar-refractivity contribution is 8.01. The van der Waals surface area contributed by atoms with E-state index in [0.29, 0.717) is 12.4 Å². The lowest BCUT2D eigenvalue weighted by Crippen LogP contribution is -2.40. The van der Waals surface area contributed by atoms with E-state index in [1.165, 1.54) is 0 Å². The van der Waals surface area contributed by atoms with Crippen molar-refractivity contribution in [3.8, 4) is 0 Å². The van der Waals surface area contributed by atoms with Gasteiger partial charge < -0.3 is 5.32 Å². The molecule has 0 bridgehead atoms. The third kappa shape index (κ3) is 3.21. The average molecular weight is 234 g/mol. The van der Waals surface area contributed by atoms with Crippen molar-refractivity contribution in [2.75, 3.05) is 18.2 Å². The Morgan fingerprint density at radius 2 is 2.43 bits per heavy atom. The number of halogens is 1. The SMILES string of the molecule is CC1(C(=O)NC/C=C/CCl)CCCS1. The van der Waals surface area contributed by atoms with Gasteiger partial charge in [0.1, 0.15) is 0 Å². The molecule has 1 atom stereocenters. The van der Waals surface area contributed by atoms with E-state index in [4.69, 9.17) is 11.6 Å². The largest absolute Gasteiger partial charge is 0.351 e. The first kappa shape index (κ1) is 11.9. The van der Waals surface area contributed by atoms with Crippen molar-refractivity contribution in [2.24, 2.45) is 0 Å². The number of allylic oxidation sites excluding steroid dienone is 1. The summed E-state index contributed by atoms with van der Waals surface area (Å²) in [6, 6.07) is 0. The predicted molar refractivity (Wildman–Crippen MR) is 63.0 cm³/mol. The highest BCUT2D eigenvalue weighted by Gasteiger charge is 2.36. The average Bonchev–Trinajstić information content (AvgIpc) is 2.61. The van der Waals surface area contributed by atoms with Crippen molar-refractivity contribution in [2.45, 2.75) is 24.5 Å². The second-order valence-corrected chi connectivity index (χ2v) is 5.43. The zero-order chi connectivity index (χ0) is 10.4. The minimum atomic E-state index is -0.200. The Balaban J connectivity index is 2.30. The van der Waals surface area contributed by atoms with Crippen LogP contribution in [0.4, 0.5) is 0 Å². The van der Waals surface area contributed by atoms with Crippen LogP contribution in [0.2, 0.25) is 0 Å². The molecule has 4 heteroatoms. The number of nitrogens with one attached hydrogen (secondary N) is 1. The Hall–Kier alpha value is -0.150. The summed E-state index contributed by atoms with van der Waals surface area (Å²) in [4.78, 5) is 11.7. The lowest BCUT2D eigenvalue weighted by Gasteiger charge is -2.20. The van der Waals surface area contributed by atoms with E-state index in [-0.39, 0.29) is 10.7 Å². The van der Waals surface area contributed by atoms with E-state index in [2.05, 4.69) is 5.32 Å². The molecule has 1 aliphatic heterocycles. The van der Waals surface area contributed by atoms with Crippen molar-refractivity contribution in [3.63, 3.8) is 0 Å². The third-order valence-corrected chi connectivity index (χ3v) is 4.03. The number of hydrogen-bond donors (Lipinski definition) is 1. The molecular formula is C10H16ClNOS. The second-order valence-electron chi connectivity index (χ2n) is 3.52. The normalized spacial score (nSPS) is 27.0. The van der Waals surface area contributed by atoms with Crippen LogP contribution in [-0.2, 0) is 4.79 Å². The van der Waals surface area contributed by atoms with E-state index >= 15 is 0 Å². The summed E-state index contributed by atoms with van der Waals surface area (Å²) < 4.78 is -0.200. The minimum absolute atomic E-state index is 0.152. The standard InChI is InChI=1S/C10H16ClNOS/c1-10(5-4-8-14-10)9(13)12-7-3-2-6-11/h2-3H,4-8H2,1H3,(H,12,13)/b3-2+. The Kier molecular flexibility index (Phi) is 4.82. The van der Waals surface area contributed by atoms with E-state index in [1.54, 1.807) is 11.8 Å². The molecule has 0 aromatic rings. The molecule has 0 aromatic heterocycles. The molecule has 0 aliphatic carbocycles. The molecule has 1 rings (SSSR count). The highest BCUT2D eigenvalue weighted by atomic mass is 35.5. The Bertz CT molecular complexity index is 224. The number of carbonyl (C=O) groups is 1. The van der Waals surface area contributed by atoms with Gasteiger partial charge in [-0.25, -0.2) is 0 Å². The lowest BCUT2D eigenvalue weighted by atomic mass is 10.1. The molecule has 0 aromatic carbocycles. The molecule has 1 N–H and O–H groups in total. The smallest absolute Gasteiger partial charge is 0.236 e. The summed E-state index contributed by atoms with van der Waals surface area (Å²) in [5.41, 5.74) is 0. The summed E-state index contributed by atoms with van der Waals surface area (Å²) >= 11 is 7.22. The van der Waals surface area contributed by atoms with Crippen LogP contribution in [0.25, 0.3) is 0 Å². The summed E-state index contributed by atoms with van der Waals surface area (Å²) in [6.45, 7) is 2.60. The molecule has 0 radical (unpaired) electrons. The third-order valence-electron chi connectivity index (χ3n) is 2.34. The van der Waals surface area contributed by atoms with Crippen LogP contribution in [0.5, 0.6) is 0 Å². The fraction of sp³-hybridized carbons (Fsp3) is 0.700. The molecule has 0 spiro atoms. The van der Waals surface area contributed by atoms with Gasteiger partial charge in [-0.15, -0.1) is 23.4 Å². The van der Waals surface area contributed by atoms with Gasteiger partial charge in [0, 0.05) is 12.4 Å². The van der Waals surface area contributed by atoms with Crippen LogP contribution in [0, 0.1) is 0 Å². The Morgan fingerprint density at radius 3 is 3.00 bits per heavy atom. The molecule has 14 heavy (non-hydrogen) atoms. The molecule has 2 nitrogen and oxygen atoms in total. The summed E-state index contributed by atoms with van der Waals surface area (Å²) in [7, 11) is 0. The molecular weight excluding hydrogens is 218 g/mol. The van der Waals surface area contributed by atoms with Gasteiger partial charge in [-0.2, -0.15) is 0 Å². The van der Waals surface area contributed by atoms with Crippen LogP contribution in [0.15, 0.2) is 12.2 Å². The van der Waals surface area contributed by atoms with Gasteiger partial charge in [-0.05, 0) is 25.5 Å². The number of rotatable bonds is 4. The van der Waals surface area contributed by atoms with E-state index < -0.39 is 0 Å². The van der Waals surface area contributed by atoms with Gasteiger partial charge in [0.15, 0.2) is 0 Å². The van der Waals surface area contributed by atoms with Crippen LogP contribution >= 0.6 is 23.4 Å². The highest BCUT2D eigenvalue weighted by Crippen LogP contribution is 2.37. The number of hydrogen-bond acceptors (Lipinski definition) is 2. The number of amides is 1. The van der Waals surface area contributed by atoms with Crippen molar-refractivity contribution in [1.82, 2.24) is 5.32 Å². The first-order chi connectivity index (χ1) is 6.69. The lowest BCUT2D eigenvalue weighted by molar-refractivity contribution is -0.122. The quantitative estimate of drug-likeness (QED) is 0.596. The summed E-state index contributed by atoms with van der Waals surface area (Å²) in [5.74, 6) is 1.75. The summed E-state index contributed by atoms with van der Waals surface area (Å²) in [6.07, 6.45) is 5.86. The first-order valence-electron chi connectivity index (χ1n) is 4.82. The predicted octanol–water partition coefficient (Wildman–Crippen LogP) is 2.18. The van der Waals surface area contributed by atoms with Gasteiger partial charge >= 0.3 is 0 Å². The summed E-state index contributed by atoms with van der Waals surface area (Å²) in [5, 5.41) is 2.89. The molecule has 0 saturated carbocycles. The Labute approximate surface area is 94.5 Å². The fourth-order valence-electron chi connectivity index (χ4n) is 1.44. The maximum atomic E-state index is 11.7. The second kappa shape index (κ2) is 5.66. The fourth-order valence-corrected chi connectivity index (χ4v) is 2.80. The van der Waals surface area contributed by atoms with Gasteiger partial charge in [-0.1, -0.05) is 12.2 Å². The van der Waals surface area contributed by atoms with Crippen molar-refractivity contribution < 1.29 is 4.79 Å². The molecule has 80 valence electrons. The number of alkyl halides is 1. The monoisotopic (exact) mass is 233 g/mol. The molecule has 1 heterocycles. The van der Waals surface area contributed by atoms with Gasteiger partial charge in [0.05, 0.1) is 4.75 Å². The van der Waals surface area contributed by atoms with Crippen molar-refractivity contribution in [3.05, 3.63) is 12.2 Å². The van der Waals surface area contributed by atoms with E-state index in [9.17, 15) is 4.79 Å². The number of thioether (sulfide) groups is 1. The number of carbonyl (C=O) groups excluding carboxylic acids is 1. The van der Waals surface area contributed by atoms with Crippen molar-refractivity contribution >= 4 is 29.3 Å². The molecule has 1 amide bonds.